The lowest BCUT2D eigenvalue weighted by Gasteiger charge is -2.15. The molecule has 2 unspecified atom stereocenters. The van der Waals surface area contributed by atoms with Crippen molar-refractivity contribution in [1.29, 1.82) is 0 Å². The molecule has 1 aromatic rings. The van der Waals surface area contributed by atoms with Gasteiger partial charge in [-0.05, 0) is 26.2 Å². The van der Waals surface area contributed by atoms with E-state index in [4.69, 9.17) is 0 Å². The summed E-state index contributed by atoms with van der Waals surface area (Å²) >= 11 is 0. The minimum Gasteiger partial charge on any atom is -0.391 e. The Balaban J connectivity index is 2.47. The Labute approximate surface area is 95.0 Å². The molecule has 1 aromatic heterocycles. The number of halogens is 3. The van der Waals surface area contributed by atoms with Gasteiger partial charge in [0.2, 0.25) is 0 Å². The Morgan fingerprint density at radius 2 is 2.06 bits per heavy atom. The molecule has 1 fully saturated rings. The van der Waals surface area contributed by atoms with Crippen molar-refractivity contribution >= 4 is 0 Å². The van der Waals surface area contributed by atoms with Gasteiger partial charge in [-0.25, -0.2) is 4.68 Å². The van der Waals surface area contributed by atoms with Crippen LogP contribution in [-0.4, -0.2) is 21.0 Å². The van der Waals surface area contributed by atoms with E-state index < -0.39 is 29.6 Å². The van der Waals surface area contributed by atoms with Crippen LogP contribution in [0.4, 0.5) is 13.2 Å². The SMILES string of the molecule is Cc1c(C(F)(F)F)[nH]n(C2CCCC2O)c1=O. The van der Waals surface area contributed by atoms with E-state index in [0.29, 0.717) is 19.3 Å². The molecule has 17 heavy (non-hydrogen) atoms. The zero-order chi connectivity index (χ0) is 12.8. The minimum atomic E-state index is -4.57. The summed E-state index contributed by atoms with van der Waals surface area (Å²) in [6, 6.07) is -0.572. The maximum atomic E-state index is 12.6. The van der Waals surface area contributed by atoms with Crippen LogP contribution < -0.4 is 5.56 Å². The molecule has 1 saturated carbocycles. The molecule has 1 aliphatic rings. The van der Waals surface area contributed by atoms with E-state index >= 15 is 0 Å². The number of nitrogens with one attached hydrogen (secondary N) is 1. The predicted octanol–water partition coefficient (Wildman–Crippen LogP) is 1.59. The third kappa shape index (κ3) is 1.99. The summed E-state index contributed by atoms with van der Waals surface area (Å²) in [4.78, 5) is 11.7. The maximum Gasteiger partial charge on any atom is 0.433 e. The summed E-state index contributed by atoms with van der Waals surface area (Å²) in [5.41, 5.74) is -2.08. The van der Waals surface area contributed by atoms with E-state index in [-0.39, 0.29) is 5.56 Å². The molecular weight excluding hydrogens is 237 g/mol. The van der Waals surface area contributed by atoms with Crippen LogP contribution in [0.5, 0.6) is 0 Å². The first-order valence-corrected chi connectivity index (χ1v) is 5.38. The van der Waals surface area contributed by atoms with Gasteiger partial charge < -0.3 is 5.11 Å². The van der Waals surface area contributed by atoms with Gasteiger partial charge in [0, 0.05) is 5.56 Å². The first-order valence-electron chi connectivity index (χ1n) is 5.38. The largest absolute Gasteiger partial charge is 0.433 e. The molecule has 0 bridgehead atoms. The van der Waals surface area contributed by atoms with Crippen LogP contribution in [0.15, 0.2) is 4.79 Å². The number of aromatic nitrogens is 2. The summed E-state index contributed by atoms with van der Waals surface area (Å²) in [5.74, 6) is 0. The van der Waals surface area contributed by atoms with E-state index in [1.54, 1.807) is 0 Å². The molecule has 0 amide bonds. The smallest absolute Gasteiger partial charge is 0.391 e. The quantitative estimate of drug-likeness (QED) is 0.795. The topological polar surface area (TPSA) is 58.0 Å². The van der Waals surface area contributed by atoms with Gasteiger partial charge in [0.15, 0.2) is 0 Å². The fourth-order valence-electron chi connectivity index (χ4n) is 2.27. The highest BCUT2D eigenvalue weighted by atomic mass is 19.4. The highest BCUT2D eigenvalue weighted by Gasteiger charge is 2.38. The zero-order valence-electron chi connectivity index (χ0n) is 9.21. The molecule has 0 saturated heterocycles. The molecule has 96 valence electrons. The van der Waals surface area contributed by atoms with Gasteiger partial charge >= 0.3 is 6.18 Å². The van der Waals surface area contributed by atoms with Gasteiger partial charge in [-0.15, -0.1) is 0 Å². The molecule has 0 radical (unpaired) electrons. The molecule has 2 rings (SSSR count). The van der Waals surface area contributed by atoms with Crippen LogP contribution in [0.1, 0.15) is 36.6 Å². The van der Waals surface area contributed by atoms with E-state index in [1.807, 2.05) is 0 Å². The lowest BCUT2D eigenvalue weighted by molar-refractivity contribution is -0.142. The van der Waals surface area contributed by atoms with Crippen molar-refractivity contribution in [1.82, 2.24) is 9.78 Å². The predicted molar refractivity (Wildman–Crippen MR) is 53.7 cm³/mol. The number of aliphatic hydroxyl groups excluding tert-OH is 1. The first kappa shape index (κ1) is 12.2. The Bertz CT molecular complexity index is 475. The summed E-state index contributed by atoms with van der Waals surface area (Å²) in [5, 5.41) is 11.7. The van der Waals surface area contributed by atoms with E-state index in [0.717, 1.165) is 11.6 Å². The van der Waals surface area contributed by atoms with Crippen LogP contribution >= 0.6 is 0 Å². The second-order valence-electron chi connectivity index (χ2n) is 4.35. The fourth-order valence-corrected chi connectivity index (χ4v) is 2.27. The number of H-pyrrole nitrogens is 1. The third-order valence-corrected chi connectivity index (χ3v) is 3.21. The zero-order valence-corrected chi connectivity index (χ0v) is 9.21. The monoisotopic (exact) mass is 250 g/mol. The Kier molecular flexibility index (Phi) is 2.81. The highest BCUT2D eigenvalue weighted by molar-refractivity contribution is 5.18. The van der Waals surface area contributed by atoms with Crippen LogP contribution in [-0.2, 0) is 6.18 Å². The van der Waals surface area contributed by atoms with Gasteiger partial charge in [0.05, 0.1) is 12.1 Å². The van der Waals surface area contributed by atoms with Crippen molar-refractivity contribution in [3.63, 3.8) is 0 Å². The molecule has 7 heteroatoms. The second kappa shape index (κ2) is 3.90. The minimum absolute atomic E-state index is 0.350. The van der Waals surface area contributed by atoms with Gasteiger partial charge in [0.1, 0.15) is 5.69 Å². The molecule has 2 atom stereocenters. The van der Waals surface area contributed by atoms with Crippen molar-refractivity contribution in [3.8, 4) is 0 Å². The van der Waals surface area contributed by atoms with Crippen LogP contribution in [0.3, 0.4) is 0 Å². The van der Waals surface area contributed by atoms with Gasteiger partial charge in [0.25, 0.3) is 5.56 Å². The standard InChI is InChI=1S/C10H13F3N2O2/c1-5-8(10(11,12)13)14-15(9(5)17)6-3-2-4-7(6)16/h6-7,14,16H,2-4H2,1H3. The molecule has 0 spiro atoms. The van der Waals surface area contributed by atoms with Crippen molar-refractivity contribution in [2.45, 2.75) is 44.5 Å². The highest BCUT2D eigenvalue weighted by Crippen LogP contribution is 2.32. The van der Waals surface area contributed by atoms with E-state index in [2.05, 4.69) is 5.10 Å². The number of rotatable bonds is 1. The van der Waals surface area contributed by atoms with Crippen molar-refractivity contribution < 1.29 is 18.3 Å². The average molecular weight is 250 g/mol. The average Bonchev–Trinajstić information content (AvgIpc) is 2.73. The number of hydrogen-bond donors (Lipinski definition) is 2. The van der Waals surface area contributed by atoms with Crippen LogP contribution in [0, 0.1) is 6.92 Å². The van der Waals surface area contributed by atoms with Crippen LogP contribution in [0.25, 0.3) is 0 Å². The summed E-state index contributed by atoms with van der Waals surface area (Å²) in [6.45, 7) is 1.14. The van der Waals surface area contributed by atoms with Crippen molar-refractivity contribution in [3.05, 3.63) is 21.6 Å². The van der Waals surface area contributed by atoms with Gasteiger partial charge in [-0.3, -0.25) is 9.89 Å². The Hall–Kier alpha value is -1.24. The lowest BCUT2D eigenvalue weighted by atomic mass is 10.2. The number of aromatic amines is 1. The summed E-state index contributed by atoms with van der Waals surface area (Å²) in [7, 11) is 0. The Morgan fingerprint density at radius 3 is 2.47 bits per heavy atom. The van der Waals surface area contributed by atoms with Gasteiger partial charge in [-0.1, -0.05) is 0 Å². The third-order valence-electron chi connectivity index (χ3n) is 3.21. The maximum absolute atomic E-state index is 12.6. The Morgan fingerprint density at radius 1 is 1.41 bits per heavy atom. The van der Waals surface area contributed by atoms with Crippen molar-refractivity contribution in [2.24, 2.45) is 0 Å². The first-order chi connectivity index (χ1) is 7.82. The fraction of sp³-hybridized carbons (Fsp3) is 0.700. The summed E-state index contributed by atoms with van der Waals surface area (Å²) in [6.07, 6.45) is -3.60. The second-order valence-corrected chi connectivity index (χ2v) is 4.35. The molecule has 1 aliphatic carbocycles. The van der Waals surface area contributed by atoms with Crippen LogP contribution in [0.2, 0.25) is 0 Å². The van der Waals surface area contributed by atoms with Crippen molar-refractivity contribution in [2.75, 3.05) is 0 Å². The summed E-state index contributed by atoms with van der Waals surface area (Å²) < 4.78 is 38.7. The number of alkyl halides is 3. The molecule has 4 nitrogen and oxygen atoms in total. The number of hydrogen-bond acceptors (Lipinski definition) is 2. The molecular formula is C10H13F3N2O2. The normalized spacial score (nSPS) is 25.5. The lowest BCUT2D eigenvalue weighted by Crippen LogP contribution is -2.28. The molecule has 1 heterocycles. The molecule has 2 N–H and O–H groups in total. The number of nitrogens with zero attached hydrogens (tertiary/aromatic N) is 1. The molecule has 0 aliphatic heterocycles. The van der Waals surface area contributed by atoms with E-state index in [9.17, 15) is 23.1 Å². The molecule has 0 aromatic carbocycles. The number of aliphatic hydroxyl groups is 1. The van der Waals surface area contributed by atoms with Gasteiger partial charge in [-0.2, -0.15) is 13.2 Å². The van der Waals surface area contributed by atoms with E-state index in [1.165, 1.54) is 0 Å².